The Morgan fingerprint density at radius 3 is 2.48 bits per heavy atom. The molecular weight excluding hydrogens is 388 g/mol. The molecule has 0 radical (unpaired) electrons. The summed E-state index contributed by atoms with van der Waals surface area (Å²) in [6, 6.07) is 0. The van der Waals surface area contributed by atoms with Gasteiger partial charge in [0.25, 0.3) is 0 Å². The molecule has 3 N–H and O–H groups in total. The number of hydrogen-bond donors (Lipinski definition) is 3. The van der Waals surface area contributed by atoms with Crippen molar-refractivity contribution in [2.24, 2.45) is 57.2 Å². The molecule has 0 aromatic carbocycles. The van der Waals surface area contributed by atoms with Crippen LogP contribution in [0, 0.1) is 52.3 Å². The minimum absolute atomic E-state index is 0.182. The highest BCUT2D eigenvalue weighted by Crippen LogP contribution is 2.69. The number of amidine groups is 1. The van der Waals surface area contributed by atoms with Crippen LogP contribution in [0.25, 0.3) is 0 Å². The maximum absolute atomic E-state index is 11.8. The highest BCUT2D eigenvalue weighted by molar-refractivity contribution is 5.85. The number of aliphatic hydroxyl groups is 2. The van der Waals surface area contributed by atoms with Crippen LogP contribution in [0.3, 0.4) is 0 Å². The quantitative estimate of drug-likeness (QED) is 0.609. The van der Waals surface area contributed by atoms with E-state index in [4.69, 9.17) is 4.84 Å². The van der Waals surface area contributed by atoms with Gasteiger partial charge >= 0.3 is 0 Å². The number of aliphatic hydroxyl groups excluding tert-OH is 2. The van der Waals surface area contributed by atoms with Crippen molar-refractivity contribution >= 4 is 5.84 Å². The third-order valence-corrected chi connectivity index (χ3v) is 11.0. The fourth-order valence-electron chi connectivity index (χ4n) is 9.50. The predicted octanol–water partition coefficient (Wildman–Crippen LogP) is 4.65. The molecule has 0 saturated heterocycles. The van der Waals surface area contributed by atoms with Gasteiger partial charge in [-0.2, -0.15) is 4.99 Å². The summed E-state index contributed by atoms with van der Waals surface area (Å²) in [7, 11) is 0. The smallest absolute Gasteiger partial charge is 0.240 e. The van der Waals surface area contributed by atoms with Crippen molar-refractivity contribution in [2.75, 3.05) is 0 Å². The van der Waals surface area contributed by atoms with Gasteiger partial charge in [-0.3, -0.25) is 0 Å². The van der Waals surface area contributed by atoms with E-state index in [1.165, 1.54) is 25.7 Å². The minimum Gasteiger partial charge on any atom is -0.393 e. The number of rotatable bonds is 3. The van der Waals surface area contributed by atoms with E-state index in [0.717, 1.165) is 31.5 Å². The molecule has 1 aliphatic heterocycles. The largest absolute Gasteiger partial charge is 0.393 e. The first-order chi connectivity index (χ1) is 14.7. The van der Waals surface area contributed by atoms with Gasteiger partial charge < -0.3 is 15.1 Å². The third-order valence-electron chi connectivity index (χ3n) is 11.0. The summed E-state index contributed by atoms with van der Waals surface area (Å²) in [5.41, 5.74) is 3.49. The fourth-order valence-corrected chi connectivity index (χ4v) is 9.50. The Balaban J connectivity index is 1.46. The van der Waals surface area contributed by atoms with Gasteiger partial charge in [-0.1, -0.05) is 34.1 Å². The van der Waals surface area contributed by atoms with Gasteiger partial charge in [-0.25, -0.2) is 5.48 Å². The van der Waals surface area contributed by atoms with Crippen LogP contribution in [0.2, 0.25) is 0 Å². The summed E-state index contributed by atoms with van der Waals surface area (Å²) in [5, 5.41) is 22.2. The van der Waals surface area contributed by atoms with Crippen LogP contribution in [-0.2, 0) is 4.84 Å². The summed E-state index contributed by atoms with van der Waals surface area (Å²) in [6.45, 7) is 13.4. The Labute approximate surface area is 187 Å². The molecule has 11 atom stereocenters. The molecule has 0 amide bonds. The average molecular weight is 431 g/mol. The van der Waals surface area contributed by atoms with Crippen molar-refractivity contribution in [3.05, 3.63) is 12.5 Å². The van der Waals surface area contributed by atoms with Gasteiger partial charge in [0.05, 0.1) is 12.2 Å². The maximum atomic E-state index is 11.8. The molecule has 0 spiro atoms. The van der Waals surface area contributed by atoms with Crippen molar-refractivity contribution in [1.29, 1.82) is 0 Å². The molecule has 31 heavy (non-hydrogen) atoms. The second-order valence-corrected chi connectivity index (χ2v) is 12.0. The van der Waals surface area contributed by atoms with Gasteiger partial charge in [0.15, 0.2) is 0 Å². The Kier molecular flexibility index (Phi) is 5.25. The first-order valence-electron chi connectivity index (χ1n) is 12.8. The van der Waals surface area contributed by atoms with Crippen LogP contribution >= 0.6 is 0 Å². The van der Waals surface area contributed by atoms with Crippen molar-refractivity contribution in [3.8, 4) is 0 Å². The highest BCUT2D eigenvalue weighted by atomic mass is 16.7. The molecule has 174 valence electrons. The molecule has 5 rings (SSSR count). The molecule has 0 aromatic rings. The zero-order valence-electron chi connectivity index (χ0n) is 19.8. The molecule has 1 heterocycles. The zero-order valence-corrected chi connectivity index (χ0v) is 19.8. The lowest BCUT2D eigenvalue weighted by Gasteiger charge is -2.64. The van der Waals surface area contributed by atoms with Gasteiger partial charge in [0.1, 0.15) is 5.84 Å². The predicted molar refractivity (Wildman–Crippen MR) is 122 cm³/mol. The lowest BCUT2D eigenvalue weighted by atomic mass is 9.41. The van der Waals surface area contributed by atoms with Crippen LogP contribution in [-0.4, -0.2) is 28.3 Å². The number of hydroxylamine groups is 1. The molecule has 5 heteroatoms. The van der Waals surface area contributed by atoms with Crippen LogP contribution in [0.4, 0.5) is 0 Å². The molecule has 2 unspecified atom stereocenters. The highest BCUT2D eigenvalue weighted by Gasteiger charge is 2.65. The van der Waals surface area contributed by atoms with Crippen molar-refractivity contribution in [2.45, 2.75) is 91.3 Å². The topological polar surface area (TPSA) is 74.1 Å². The number of nitrogens with zero attached hydrogens (tertiary/aromatic N) is 1. The summed E-state index contributed by atoms with van der Waals surface area (Å²) < 4.78 is 0. The van der Waals surface area contributed by atoms with E-state index >= 15 is 0 Å². The first-order valence-corrected chi connectivity index (χ1v) is 12.8. The molecule has 4 saturated carbocycles. The summed E-state index contributed by atoms with van der Waals surface area (Å²) in [4.78, 5) is 9.83. The van der Waals surface area contributed by atoms with Crippen molar-refractivity contribution in [1.82, 2.24) is 5.48 Å². The van der Waals surface area contributed by atoms with E-state index in [2.05, 4.69) is 44.7 Å². The lowest BCUT2D eigenvalue weighted by Crippen LogP contribution is -2.62. The molecule has 5 aliphatic rings. The summed E-state index contributed by atoms with van der Waals surface area (Å²) >= 11 is 0. The number of nitrogens with one attached hydrogen (secondary N) is 1. The van der Waals surface area contributed by atoms with Crippen LogP contribution in [0.1, 0.15) is 79.1 Å². The van der Waals surface area contributed by atoms with E-state index in [9.17, 15) is 10.2 Å². The summed E-state index contributed by atoms with van der Waals surface area (Å²) in [6.07, 6.45) is 8.37. The standard InChI is InChI=1S/C26H42N2O3/c1-6-17-21-13-16(29)9-11-26(21,5)20-10-12-25(4)18(7-8-19(25)22(20)23(17)30)14(2)24-27-15(3)31-28-24/h14,16-23,29-30H,3,6-13H2,1-2,4-5H3,(H,27,28)/t14-,16+,17+,18+,19?,20?,21-,22-,23+,25+,26+/m0/s1. The van der Waals surface area contributed by atoms with Crippen molar-refractivity contribution < 1.29 is 15.1 Å². The third kappa shape index (κ3) is 3.05. The van der Waals surface area contributed by atoms with E-state index in [-0.39, 0.29) is 23.0 Å². The molecule has 4 aliphatic carbocycles. The molecule has 5 nitrogen and oxygen atoms in total. The second kappa shape index (κ2) is 7.48. The normalized spacial score (nSPS) is 52.3. The number of fused-ring (bicyclic) bond motifs is 5. The van der Waals surface area contributed by atoms with Crippen LogP contribution in [0.15, 0.2) is 17.5 Å². The van der Waals surface area contributed by atoms with Gasteiger partial charge in [0.2, 0.25) is 5.88 Å². The van der Waals surface area contributed by atoms with E-state index in [1.807, 2.05) is 0 Å². The average Bonchev–Trinajstić information content (AvgIpc) is 3.32. The Hall–Kier alpha value is -1.07. The summed E-state index contributed by atoms with van der Waals surface area (Å²) in [5.74, 6) is 4.54. The molecule has 0 bridgehead atoms. The molecule has 4 fully saturated rings. The van der Waals surface area contributed by atoms with E-state index in [0.29, 0.717) is 47.3 Å². The SMILES string of the molecule is C=C1N=C([C@@H](C)[C@H]2CCC3[C@H]4C(CC[C@@]32C)[C@@]2(C)CC[C@@H](O)C[C@H]2[C@@H](CC)[C@H]4O)NO1. The van der Waals surface area contributed by atoms with E-state index < -0.39 is 0 Å². The number of hydrogen-bond acceptors (Lipinski definition) is 5. The van der Waals surface area contributed by atoms with Gasteiger partial charge in [0, 0.05) is 5.92 Å². The second-order valence-electron chi connectivity index (χ2n) is 12.0. The number of aliphatic imine (C=N–C) groups is 1. The minimum atomic E-state index is -0.234. The fraction of sp³-hybridized carbons (Fsp3) is 0.885. The van der Waals surface area contributed by atoms with Gasteiger partial charge in [-0.05, 0) is 97.9 Å². The van der Waals surface area contributed by atoms with E-state index in [1.54, 1.807) is 0 Å². The molecular formula is C26H42N2O3. The monoisotopic (exact) mass is 430 g/mol. The Morgan fingerprint density at radius 2 is 1.81 bits per heavy atom. The van der Waals surface area contributed by atoms with Crippen LogP contribution in [0.5, 0.6) is 0 Å². The van der Waals surface area contributed by atoms with Crippen LogP contribution < -0.4 is 5.48 Å². The maximum Gasteiger partial charge on any atom is 0.240 e. The van der Waals surface area contributed by atoms with Gasteiger partial charge in [-0.15, -0.1) is 0 Å². The Bertz CT molecular complexity index is 768. The lowest BCUT2D eigenvalue weighted by molar-refractivity contribution is -0.202. The van der Waals surface area contributed by atoms with Crippen molar-refractivity contribution in [3.63, 3.8) is 0 Å². The Morgan fingerprint density at radius 1 is 1.10 bits per heavy atom. The zero-order chi connectivity index (χ0) is 22.1. The molecule has 0 aromatic heterocycles. The first kappa shape index (κ1) is 21.8.